The molecule has 0 N–H and O–H groups in total. The summed E-state index contributed by atoms with van der Waals surface area (Å²) in [4.78, 5) is 0. The van der Waals surface area contributed by atoms with Crippen molar-refractivity contribution in [3.63, 3.8) is 0 Å². The molecule has 2 saturated carbocycles. The van der Waals surface area contributed by atoms with E-state index in [4.69, 9.17) is 9.47 Å². The summed E-state index contributed by atoms with van der Waals surface area (Å²) in [6.07, 6.45) is 4.12. The molecular weight excluding hydrogens is 308 g/mol. The first-order valence-electron chi connectivity index (χ1n) is 10.0. The van der Waals surface area contributed by atoms with E-state index in [1.54, 1.807) is 0 Å². The summed E-state index contributed by atoms with van der Waals surface area (Å²) in [5, 5.41) is 0. The smallest absolute Gasteiger partial charge is 0.159 e. The van der Waals surface area contributed by atoms with Crippen LogP contribution in [-0.4, -0.2) is 12.4 Å². The Bertz CT molecular complexity index is 629. The van der Waals surface area contributed by atoms with Crippen LogP contribution in [0.25, 0.3) is 0 Å². The van der Waals surface area contributed by atoms with Gasteiger partial charge in [0.25, 0.3) is 0 Å². The van der Waals surface area contributed by atoms with E-state index in [1.807, 2.05) is 0 Å². The van der Waals surface area contributed by atoms with Crippen molar-refractivity contribution in [1.82, 2.24) is 0 Å². The number of benzene rings is 1. The lowest BCUT2D eigenvalue weighted by Crippen LogP contribution is -2.38. The largest absolute Gasteiger partial charge is 0.349 e. The van der Waals surface area contributed by atoms with Crippen molar-refractivity contribution in [2.24, 2.45) is 28.1 Å². The number of hydrogen-bond donors (Lipinski definition) is 0. The Balaban J connectivity index is 1.54. The van der Waals surface area contributed by atoms with E-state index >= 15 is 0 Å². The molecule has 2 heteroatoms. The number of fused-ring (bicyclic) bond motifs is 5. The molecule has 0 amide bonds. The molecule has 0 radical (unpaired) electrons. The molecule has 4 rings (SSSR count). The number of rotatable bonds is 3. The van der Waals surface area contributed by atoms with Gasteiger partial charge in [0.05, 0.1) is 12.2 Å². The lowest BCUT2D eigenvalue weighted by atomic mass is 9.70. The van der Waals surface area contributed by atoms with Crippen LogP contribution in [0.5, 0.6) is 0 Å². The quantitative estimate of drug-likeness (QED) is 0.673. The minimum atomic E-state index is -0.0598. The number of ether oxygens (including phenoxy) is 2. The fraction of sp³-hybridized carbons (Fsp3) is 0.739. The Morgan fingerprint density at radius 2 is 1.80 bits per heavy atom. The van der Waals surface area contributed by atoms with E-state index in [2.05, 4.69) is 71.9 Å². The van der Waals surface area contributed by atoms with Gasteiger partial charge in [-0.05, 0) is 46.5 Å². The lowest BCUT2D eigenvalue weighted by molar-refractivity contribution is -0.205. The SMILES string of the molecule is CC(C)(C)[C@@H](O[C@H]1C[C@@H]2[C@H]3CC[C@@](C)([C@@H]2O1)C3(C)C)c1ccccc1. The molecule has 6 atom stereocenters. The highest BCUT2D eigenvalue weighted by molar-refractivity contribution is 5.20. The molecule has 0 aromatic heterocycles. The maximum absolute atomic E-state index is 6.61. The first-order valence-corrected chi connectivity index (χ1v) is 10.0. The van der Waals surface area contributed by atoms with Crippen molar-refractivity contribution in [3.8, 4) is 0 Å². The normalized spacial score (nSPS) is 40.2. The minimum Gasteiger partial charge on any atom is -0.349 e. The van der Waals surface area contributed by atoms with Crippen molar-refractivity contribution >= 4 is 0 Å². The van der Waals surface area contributed by atoms with Crippen LogP contribution >= 0.6 is 0 Å². The van der Waals surface area contributed by atoms with E-state index in [0.29, 0.717) is 22.9 Å². The molecule has 0 unspecified atom stereocenters. The molecule has 2 nitrogen and oxygen atoms in total. The van der Waals surface area contributed by atoms with Gasteiger partial charge in [-0.1, -0.05) is 71.9 Å². The fourth-order valence-corrected chi connectivity index (χ4v) is 6.13. The molecule has 0 spiro atoms. The van der Waals surface area contributed by atoms with Crippen molar-refractivity contribution in [1.29, 1.82) is 0 Å². The Kier molecular flexibility index (Phi) is 3.91. The minimum absolute atomic E-state index is 0.0462. The third-order valence-corrected chi connectivity index (χ3v) is 7.85. The van der Waals surface area contributed by atoms with Gasteiger partial charge < -0.3 is 9.47 Å². The molecular formula is C23H34O2. The standard InChI is InChI=1S/C23H34O2/c1-21(2,3)19(15-10-8-7-9-11-15)24-18-14-16-17-12-13-23(6,20(16)25-18)22(17,4)5/h7-11,16-20H,12-14H2,1-6H3/t16-,17-,18-,19+,20-,23+/m1/s1. The van der Waals surface area contributed by atoms with E-state index in [9.17, 15) is 0 Å². The van der Waals surface area contributed by atoms with Gasteiger partial charge in [0.1, 0.15) is 0 Å². The molecule has 3 aliphatic rings. The highest BCUT2D eigenvalue weighted by Gasteiger charge is 2.69. The average Bonchev–Trinajstić information content (AvgIpc) is 3.10. The van der Waals surface area contributed by atoms with Crippen LogP contribution in [0.2, 0.25) is 0 Å². The zero-order chi connectivity index (χ0) is 18.0. The van der Waals surface area contributed by atoms with Gasteiger partial charge >= 0.3 is 0 Å². The number of hydrogen-bond acceptors (Lipinski definition) is 2. The molecule has 2 aliphatic carbocycles. The molecule has 1 saturated heterocycles. The first-order chi connectivity index (χ1) is 11.6. The summed E-state index contributed by atoms with van der Waals surface area (Å²) in [5.41, 5.74) is 2.01. The molecule has 138 valence electrons. The highest BCUT2D eigenvalue weighted by atomic mass is 16.7. The molecule has 3 fully saturated rings. The molecule has 1 heterocycles. The molecule has 1 aromatic rings. The van der Waals surface area contributed by atoms with Crippen LogP contribution in [0.3, 0.4) is 0 Å². The predicted octanol–water partition coefficient (Wildman–Crippen LogP) is 5.98. The third kappa shape index (κ3) is 2.51. The fourth-order valence-electron chi connectivity index (χ4n) is 6.13. The maximum atomic E-state index is 6.61. The Hall–Kier alpha value is -0.860. The summed E-state index contributed by atoms with van der Waals surface area (Å²) >= 11 is 0. The van der Waals surface area contributed by atoms with E-state index < -0.39 is 0 Å². The summed E-state index contributed by atoms with van der Waals surface area (Å²) in [7, 11) is 0. The molecule has 1 aromatic carbocycles. The van der Waals surface area contributed by atoms with E-state index in [1.165, 1.54) is 18.4 Å². The summed E-state index contributed by atoms with van der Waals surface area (Å²) in [6, 6.07) is 10.6. The monoisotopic (exact) mass is 342 g/mol. The van der Waals surface area contributed by atoms with Gasteiger partial charge in [-0.15, -0.1) is 0 Å². The van der Waals surface area contributed by atoms with Crippen LogP contribution in [-0.2, 0) is 9.47 Å². The highest BCUT2D eigenvalue weighted by Crippen LogP contribution is 2.71. The maximum Gasteiger partial charge on any atom is 0.159 e. The van der Waals surface area contributed by atoms with Crippen LogP contribution in [0.4, 0.5) is 0 Å². The molecule has 25 heavy (non-hydrogen) atoms. The van der Waals surface area contributed by atoms with Crippen LogP contribution in [0, 0.1) is 28.1 Å². The third-order valence-electron chi connectivity index (χ3n) is 7.85. The Morgan fingerprint density at radius 1 is 1.12 bits per heavy atom. The Labute approximate surface area is 153 Å². The summed E-state index contributed by atoms with van der Waals surface area (Å²) in [6.45, 7) is 14.2. The lowest BCUT2D eigenvalue weighted by Gasteiger charge is -2.39. The molecule has 2 bridgehead atoms. The van der Waals surface area contributed by atoms with Crippen molar-refractivity contribution < 1.29 is 9.47 Å². The predicted molar refractivity (Wildman–Crippen MR) is 101 cm³/mol. The summed E-state index contributed by atoms with van der Waals surface area (Å²) < 4.78 is 13.2. The van der Waals surface area contributed by atoms with Gasteiger partial charge in [0.15, 0.2) is 6.29 Å². The molecule has 1 aliphatic heterocycles. The summed E-state index contributed by atoms with van der Waals surface area (Å²) in [5.74, 6) is 1.47. The van der Waals surface area contributed by atoms with E-state index in [-0.39, 0.29) is 17.8 Å². The zero-order valence-electron chi connectivity index (χ0n) is 16.7. The van der Waals surface area contributed by atoms with Crippen molar-refractivity contribution in [3.05, 3.63) is 35.9 Å². The van der Waals surface area contributed by atoms with Crippen LogP contribution in [0.1, 0.15) is 72.5 Å². The van der Waals surface area contributed by atoms with Crippen LogP contribution < -0.4 is 0 Å². The van der Waals surface area contributed by atoms with Crippen molar-refractivity contribution in [2.45, 2.75) is 79.3 Å². The second kappa shape index (κ2) is 5.57. The second-order valence-electron chi connectivity index (χ2n) is 10.5. The Morgan fingerprint density at radius 3 is 2.40 bits per heavy atom. The van der Waals surface area contributed by atoms with Gasteiger partial charge in [0, 0.05) is 6.42 Å². The first kappa shape index (κ1) is 17.5. The second-order valence-corrected chi connectivity index (χ2v) is 10.5. The van der Waals surface area contributed by atoms with Gasteiger partial charge in [0.2, 0.25) is 0 Å². The van der Waals surface area contributed by atoms with E-state index in [0.717, 1.165) is 12.3 Å². The van der Waals surface area contributed by atoms with Gasteiger partial charge in [-0.25, -0.2) is 0 Å². The topological polar surface area (TPSA) is 18.5 Å². The van der Waals surface area contributed by atoms with Crippen LogP contribution in [0.15, 0.2) is 30.3 Å². The van der Waals surface area contributed by atoms with Gasteiger partial charge in [-0.2, -0.15) is 0 Å². The average molecular weight is 343 g/mol. The van der Waals surface area contributed by atoms with Gasteiger partial charge in [-0.3, -0.25) is 0 Å². The van der Waals surface area contributed by atoms with Crippen molar-refractivity contribution in [2.75, 3.05) is 0 Å². The zero-order valence-corrected chi connectivity index (χ0v) is 16.7.